The fourth-order valence-corrected chi connectivity index (χ4v) is 4.42. The molecule has 1 saturated heterocycles. The number of aromatic hydroxyl groups is 1. The van der Waals surface area contributed by atoms with Crippen LogP contribution in [0.3, 0.4) is 0 Å². The number of rotatable bonds is 3. The second-order valence-electron chi connectivity index (χ2n) is 6.63. The van der Waals surface area contributed by atoms with Crippen molar-refractivity contribution < 1.29 is 18.3 Å². The summed E-state index contributed by atoms with van der Waals surface area (Å²) >= 11 is 3.20. The maximum atomic E-state index is 13.6. The lowest BCUT2D eigenvalue weighted by molar-refractivity contribution is -0.139. The fourth-order valence-electron chi connectivity index (χ4n) is 4.08. The van der Waals surface area contributed by atoms with Crippen molar-refractivity contribution in [2.45, 2.75) is 37.9 Å². The zero-order valence-corrected chi connectivity index (χ0v) is 17.4. The summed E-state index contributed by atoms with van der Waals surface area (Å²) in [7, 11) is 0. The highest BCUT2D eigenvalue weighted by Crippen LogP contribution is 2.49. The number of benzene rings is 1. The first-order valence-corrected chi connectivity index (χ1v) is 9.22. The molecule has 3 nitrogen and oxygen atoms in total. The van der Waals surface area contributed by atoms with Gasteiger partial charge in [-0.1, -0.05) is 12.8 Å². The number of piperazine rings is 1. The summed E-state index contributed by atoms with van der Waals surface area (Å²) in [5.41, 5.74) is -0.663. The molecule has 1 saturated carbocycles. The maximum Gasteiger partial charge on any atom is 0.416 e. The Morgan fingerprint density at radius 3 is 2.23 bits per heavy atom. The zero-order chi connectivity index (χ0) is 17.3. The molecule has 1 aromatic rings. The van der Waals surface area contributed by atoms with Crippen molar-refractivity contribution in [1.82, 2.24) is 10.2 Å². The summed E-state index contributed by atoms with van der Waals surface area (Å²) in [4.78, 5) is 2.11. The van der Waals surface area contributed by atoms with E-state index in [4.69, 9.17) is 0 Å². The van der Waals surface area contributed by atoms with Crippen LogP contribution in [0.1, 0.15) is 42.9 Å². The van der Waals surface area contributed by atoms with Gasteiger partial charge in [-0.3, -0.25) is 4.90 Å². The molecule has 3 rings (SSSR count). The normalized spacial score (nSPS) is 20.3. The van der Waals surface area contributed by atoms with Crippen LogP contribution in [0.15, 0.2) is 16.6 Å². The van der Waals surface area contributed by atoms with Gasteiger partial charge in [0.25, 0.3) is 0 Å². The largest absolute Gasteiger partial charge is 0.506 e. The topological polar surface area (TPSA) is 35.5 Å². The minimum absolute atomic E-state index is 0. The smallest absolute Gasteiger partial charge is 0.416 e. The van der Waals surface area contributed by atoms with Crippen LogP contribution in [-0.4, -0.2) is 36.2 Å². The summed E-state index contributed by atoms with van der Waals surface area (Å²) in [5.74, 6) is -0.107. The summed E-state index contributed by atoms with van der Waals surface area (Å²) in [5, 5.41) is 13.8. The molecule has 1 aliphatic heterocycles. The van der Waals surface area contributed by atoms with Crippen molar-refractivity contribution in [2.75, 3.05) is 26.2 Å². The Bertz CT molecular complexity index is 592. The molecule has 0 spiro atoms. The fraction of sp³-hybridized carbons (Fsp3) is 0.647. The van der Waals surface area contributed by atoms with E-state index in [-0.39, 0.29) is 48.1 Å². The first-order chi connectivity index (χ1) is 11.4. The van der Waals surface area contributed by atoms with Crippen molar-refractivity contribution in [3.05, 3.63) is 27.7 Å². The molecule has 0 aromatic heterocycles. The summed E-state index contributed by atoms with van der Waals surface area (Å²) < 4.78 is 41.2. The van der Waals surface area contributed by atoms with E-state index in [1.807, 2.05) is 0 Å². The molecule has 0 unspecified atom stereocenters. The minimum atomic E-state index is -4.47. The Morgan fingerprint density at radius 1 is 1.12 bits per heavy atom. The van der Waals surface area contributed by atoms with Gasteiger partial charge in [0.05, 0.1) is 10.0 Å². The number of phenols is 1. The van der Waals surface area contributed by atoms with Gasteiger partial charge < -0.3 is 10.4 Å². The molecule has 0 amide bonds. The van der Waals surface area contributed by atoms with Crippen LogP contribution < -0.4 is 5.32 Å². The number of hydrogen-bond donors (Lipinski definition) is 2. The van der Waals surface area contributed by atoms with E-state index in [1.165, 1.54) is 6.07 Å². The van der Waals surface area contributed by atoms with Gasteiger partial charge in [-0.15, -0.1) is 24.8 Å². The lowest BCUT2D eigenvalue weighted by Gasteiger charge is -2.40. The Balaban J connectivity index is 0.00000169. The van der Waals surface area contributed by atoms with E-state index in [9.17, 15) is 18.3 Å². The molecule has 0 radical (unpaired) electrons. The van der Waals surface area contributed by atoms with Crippen LogP contribution in [0.2, 0.25) is 0 Å². The molecule has 9 heteroatoms. The molecule has 150 valence electrons. The maximum absolute atomic E-state index is 13.6. The summed E-state index contributed by atoms with van der Waals surface area (Å²) in [6.45, 7) is 2.92. The number of hydrogen-bond acceptors (Lipinski definition) is 3. The number of nitrogens with zero attached hydrogens (tertiary/aromatic N) is 1. The standard InChI is InChI=1S/C17H22BrF3N2O.2ClH/c18-13-6-5-12(17(19,20)21)14(16(13)24)15(11-3-1-2-4-11)23-9-7-22-8-10-23;;/h5-6,11,15,22,24H,1-4,7-10H2;2*1H/t15-;;/m1../s1. The van der Waals surface area contributed by atoms with Gasteiger partial charge in [-0.2, -0.15) is 13.2 Å². The lowest BCUT2D eigenvalue weighted by atomic mass is 9.86. The lowest BCUT2D eigenvalue weighted by Crippen LogP contribution is -2.47. The Morgan fingerprint density at radius 2 is 1.69 bits per heavy atom. The van der Waals surface area contributed by atoms with Gasteiger partial charge in [-0.05, 0) is 46.8 Å². The number of nitrogens with one attached hydrogen (secondary N) is 1. The molecule has 2 fully saturated rings. The van der Waals surface area contributed by atoms with Gasteiger partial charge in [0, 0.05) is 37.8 Å². The molecule has 0 bridgehead atoms. The van der Waals surface area contributed by atoms with Gasteiger partial charge in [0.15, 0.2) is 0 Å². The van der Waals surface area contributed by atoms with E-state index in [0.717, 1.165) is 44.8 Å². The van der Waals surface area contributed by atoms with E-state index < -0.39 is 11.7 Å². The predicted molar refractivity (Wildman–Crippen MR) is 104 cm³/mol. The predicted octanol–water partition coefficient (Wildman–Crippen LogP) is 5.15. The van der Waals surface area contributed by atoms with E-state index >= 15 is 0 Å². The van der Waals surface area contributed by atoms with Crippen molar-refractivity contribution >= 4 is 40.7 Å². The first kappa shape index (κ1) is 23.8. The SMILES string of the molecule is Cl.Cl.Oc1c(Br)ccc(C(F)(F)F)c1[C@@H](C1CCCC1)N1CCNCC1. The zero-order valence-electron chi connectivity index (χ0n) is 14.2. The molecule has 2 N–H and O–H groups in total. The highest BCUT2D eigenvalue weighted by Gasteiger charge is 2.42. The van der Waals surface area contributed by atoms with Gasteiger partial charge in [0.2, 0.25) is 0 Å². The van der Waals surface area contributed by atoms with Gasteiger partial charge >= 0.3 is 6.18 Å². The Hall–Kier alpha value is -0.210. The van der Waals surface area contributed by atoms with Crippen molar-refractivity contribution in [1.29, 1.82) is 0 Å². The highest BCUT2D eigenvalue weighted by atomic mass is 79.9. The monoisotopic (exact) mass is 478 g/mol. The van der Waals surface area contributed by atoms with Crippen molar-refractivity contribution in [3.63, 3.8) is 0 Å². The van der Waals surface area contributed by atoms with Crippen LogP contribution in [0.4, 0.5) is 13.2 Å². The van der Waals surface area contributed by atoms with Crippen LogP contribution in [0.5, 0.6) is 5.75 Å². The van der Waals surface area contributed by atoms with Crippen LogP contribution in [-0.2, 0) is 6.18 Å². The van der Waals surface area contributed by atoms with Gasteiger partial charge in [-0.25, -0.2) is 0 Å². The molecule has 1 atom stereocenters. The summed E-state index contributed by atoms with van der Waals surface area (Å²) in [6, 6.07) is 1.98. The quantitative estimate of drug-likeness (QED) is 0.628. The van der Waals surface area contributed by atoms with Gasteiger partial charge in [0.1, 0.15) is 5.75 Å². The molecular weight excluding hydrogens is 456 g/mol. The number of alkyl halides is 3. The van der Waals surface area contributed by atoms with Crippen LogP contribution in [0, 0.1) is 5.92 Å². The third-order valence-corrected chi connectivity index (χ3v) is 5.80. The average Bonchev–Trinajstić information content (AvgIpc) is 3.06. The van der Waals surface area contributed by atoms with E-state index in [0.29, 0.717) is 17.6 Å². The molecule has 2 aliphatic rings. The Labute approximate surface area is 172 Å². The van der Waals surface area contributed by atoms with Crippen LogP contribution >= 0.6 is 40.7 Å². The Kier molecular flexibility index (Phi) is 9.00. The molecule has 1 aromatic carbocycles. The second-order valence-corrected chi connectivity index (χ2v) is 7.48. The average molecular weight is 480 g/mol. The first-order valence-electron chi connectivity index (χ1n) is 8.43. The molecular formula is C17H24BrCl2F3N2O. The minimum Gasteiger partial charge on any atom is -0.506 e. The third-order valence-electron chi connectivity index (χ3n) is 5.16. The van der Waals surface area contributed by atoms with Crippen LogP contribution in [0.25, 0.3) is 0 Å². The molecule has 1 aliphatic carbocycles. The second kappa shape index (κ2) is 9.82. The highest BCUT2D eigenvalue weighted by molar-refractivity contribution is 9.10. The van der Waals surface area contributed by atoms with Crippen molar-refractivity contribution in [2.24, 2.45) is 5.92 Å². The van der Waals surface area contributed by atoms with Crippen molar-refractivity contribution in [3.8, 4) is 5.75 Å². The number of phenolic OH excluding ortho intramolecular Hbond substituents is 1. The van der Waals surface area contributed by atoms with E-state index in [1.54, 1.807) is 0 Å². The molecule has 26 heavy (non-hydrogen) atoms. The molecule has 1 heterocycles. The number of halogens is 6. The third kappa shape index (κ3) is 4.98. The summed E-state index contributed by atoms with van der Waals surface area (Å²) in [6.07, 6.45) is -0.555. The van der Waals surface area contributed by atoms with E-state index in [2.05, 4.69) is 26.1 Å².